The number of phenolic OH excluding ortho intramolecular Hbond substituents is 1. The third-order valence-corrected chi connectivity index (χ3v) is 4.18. The van der Waals surface area contributed by atoms with Crippen LogP contribution in [0, 0.1) is 5.82 Å². The van der Waals surface area contributed by atoms with Crippen LogP contribution in [0.2, 0.25) is 0 Å². The average molecular weight is 331 g/mol. The maximum Gasteiger partial charge on any atom is 0.134 e. The molecule has 1 saturated heterocycles. The molecule has 0 saturated carbocycles. The van der Waals surface area contributed by atoms with E-state index < -0.39 is 0 Å². The van der Waals surface area contributed by atoms with Gasteiger partial charge in [0.2, 0.25) is 0 Å². The average Bonchev–Trinajstić information content (AvgIpc) is 2.41. The number of nitrogens with zero attached hydrogens (tertiary/aromatic N) is 1. The van der Waals surface area contributed by atoms with Gasteiger partial charge in [0.25, 0.3) is 0 Å². The Labute approximate surface area is 121 Å². The van der Waals surface area contributed by atoms with Gasteiger partial charge in [0.1, 0.15) is 11.6 Å². The van der Waals surface area contributed by atoms with E-state index in [0.29, 0.717) is 10.0 Å². The lowest BCUT2D eigenvalue weighted by molar-refractivity contribution is 0.161. The standard InChI is InChI=1S/C14H20BrFN2O/c1-2-3-13(18-6-4-17-5-7-18)11-8-10(16)9-12(15)14(11)19/h8-9,13,17,19H,2-7H2,1H3/t13-/m0/s1. The SMILES string of the molecule is CCC[C@@H](c1cc(F)cc(Br)c1O)N1CCNCC1. The van der Waals surface area contributed by atoms with E-state index in [1.54, 1.807) is 0 Å². The second kappa shape index (κ2) is 6.68. The summed E-state index contributed by atoms with van der Waals surface area (Å²) in [6, 6.07) is 2.85. The number of benzene rings is 1. The number of hydrogen-bond donors (Lipinski definition) is 2. The quantitative estimate of drug-likeness (QED) is 0.890. The molecule has 5 heteroatoms. The monoisotopic (exact) mass is 330 g/mol. The van der Waals surface area contributed by atoms with Crippen molar-refractivity contribution in [3.63, 3.8) is 0 Å². The molecule has 1 heterocycles. The van der Waals surface area contributed by atoms with Gasteiger partial charge in [-0.05, 0) is 34.5 Å². The van der Waals surface area contributed by atoms with Gasteiger partial charge in [-0.15, -0.1) is 0 Å². The fraction of sp³-hybridized carbons (Fsp3) is 0.571. The zero-order valence-electron chi connectivity index (χ0n) is 11.1. The zero-order chi connectivity index (χ0) is 13.8. The zero-order valence-corrected chi connectivity index (χ0v) is 12.7. The van der Waals surface area contributed by atoms with E-state index in [0.717, 1.165) is 39.0 Å². The molecule has 106 valence electrons. The number of rotatable bonds is 4. The fourth-order valence-corrected chi connectivity index (χ4v) is 3.09. The molecule has 0 aromatic heterocycles. The van der Waals surface area contributed by atoms with Crippen LogP contribution in [0.15, 0.2) is 16.6 Å². The summed E-state index contributed by atoms with van der Waals surface area (Å²) < 4.78 is 14.0. The summed E-state index contributed by atoms with van der Waals surface area (Å²) >= 11 is 3.22. The summed E-state index contributed by atoms with van der Waals surface area (Å²) in [5.41, 5.74) is 0.690. The molecule has 0 unspecified atom stereocenters. The van der Waals surface area contributed by atoms with Crippen molar-refractivity contribution in [2.45, 2.75) is 25.8 Å². The van der Waals surface area contributed by atoms with Crippen LogP contribution in [-0.4, -0.2) is 36.2 Å². The van der Waals surface area contributed by atoms with Crippen LogP contribution in [0.3, 0.4) is 0 Å². The Hall–Kier alpha value is -0.650. The fourth-order valence-electron chi connectivity index (χ4n) is 2.64. The Bertz CT molecular complexity index is 436. The van der Waals surface area contributed by atoms with Crippen LogP contribution in [0.1, 0.15) is 31.4 Å². The molecule has 0 radical (unpaired) electrons. The molecule has 0 bridgehead atoms. The summed E-state index contributed by atoms with van der Waals surface area (Å²) in [6.07, 6.45) is 1.92. The molecule has 1 aromatic rings. The predicted octanol–water partition coefficient (Wildman–Crippen LogP) is 3.04. The summed E-state index contributed by atoms with van der Waals surface area (Å²) in [6.45, 7) is 5.85. The Kier molecular flexibility index (Phi) is 5.19. The minimum Gasteiger partial charge on any atom is -0.506 e. The normalized spacial score (nSPS) is 18.5. The molecule has 2 rings (SSSR count). The van der Waals surface area contributed by atoms with Crippen molar-refractivity contribution in [3.05, 3.63) is 28.0 Å². The maximum absolute atomic E-state index is 13.6. The Balaban J connectivity index is 2.32. The molecule has 2 N–H and O–H groups in total. The summed E-state index contributed by atoms with van der Waals surface area (Å²) in [4.78, 5) is 2.32. The first-order chi connectivity index (χ1) is 9.13. The number of phenols is 1. The number of halogens is 2. The minimum absolute atomic E-state index is 0.0825. The van der Waals surface area contributed by atoms with E-state index in [2.05, 4.69) is 33.1 Å². The molecule has 0 aliphatic carbocycles. The molecular weight excluding hydrogens is 311 g/mol. The highest BCUT2D eigenvalue weighted by molar-refractivity contribution is 9.10. The molecule has 1 aliphatic heterocycles. The van der Waals surface area contributed by atoms with Gasteiger partial charge in [-0.1, -0.05) is 13.3 Å². The van der Waals surface area contributed by atoms with Gasteiger partial charge in [0, 0.05) is 37.8 Å². The van der Waals surface area contributed by atoms with E-state index in [-0.39, 0.29) is 17.6 Å². The summed E-state index contributed by atoms with van der Waals surface area (Å²) in [5, 5.41) is 13.5. The van der Waals surface area contributed by atoms with Gasteiger partial charge in [0.05, 0.1) is 4.47 Å². The lowest BCUT2D eigenvalue weighted by Gasteiger charge is -2.35. The number of aromatic hydroxyl groups is 1. The van der Waals surface area contributed by atoms with Gasteiger partial charge in [0.15, 0.2) is 0 Å². The first-order valence-electron chi connectivity index (χ1n) is 6.76. The highest BCUT2D eigenvalue weighted by Gasteiger charge is 2.25. The third kappa shape index (κ3) is 3.46. The van der Waals surface area contributed by atoms with Crippen LogP contribution in [0.25, 0.3) is 0 Å². The van der Waals surface area contributed by atoms with E-state index in [1.165, 1.54) is 12.1 Å². The third-order valence-electron chi connectivity index (χ3n) is 3.57. The van der Waals surface area contributed by atoms with Crippen molar-refractivity contribution in [2.24, 2.45) is 0 Å². The molecule has 3 nitrogen and oxygen atoms in total. The van der Waals surface area contributed by atoms with Crippen LogP contribution in [-0.2, 0) is 0 Å². The lowest BCUT2D eigenvalue weighted by Crippen LogP contribution is -2.45. The molecule has 1 atom stereocenters. The van der Waals surface area contributed by atoms with Crippen molar-refractivity contribution in [2.75, 3.05) is 26.2 Å². The van der Waals surface area contributed by atoms with Crippen LogP contribution >= 0.6 is 15.9 Å². The predicted molar refractivity (Wildman–Crippen MR) is 77.9 cm³/mol. The van der Waals surface area contributed by atoms with Crippen LogP contribution in [0.4, 0.5) is 4.39 Å². The number of nitrogens with one attached hydrogen (secondary N) is 1. The van der Waals surface area contributed by atoms with Gasteiger partial charge in [-0.25, -0.2) is 4.39 Å². The first-order valence-corrected chi connectivity index (χ1v) is 7.55. The first kappa shape index (κ1) is 14.8. The largest absolute Gasteiger partial charge is 0.506 e. The molecule has 0 spiro atoms. The van der Waals surface area contributed by atoms with E-state index in [9.17, 15) is 9.50 Å². The van der Waals surface area contributed by atoms with E-state index >= 15 is 0 Å². The van der Waals surface area contributed by atoms with Crippen molar-refractivity contribution in [1.29, 1.82) is 0 Å². The summed E-state index contributed by atoms with van der Waals surface area (Å²) in [7, 11) is 0. The van der Waals surface area contributed by atoms with Crippen LogP contribution < -0.4 is 5.32 Å². The Morgan fingerprint density at radius 1 is 1.42 bits per heavy atom. The van der Waals surface area contributed by atoms with E-state index in [4.69, 9.17) is 0 Å². The Morgan fingerprint density at radius 3 is 2.74 bits per heavy atom. The molecule has 1 aliphatic rings. The molecule has 1 aromatic carbocycles. The lowest BCUT2D eigenvalue weighted by atomic mass is 9.98. The number of piperazine rings is 1. The topological polar surface area (TPSA) is 35.5 Å². The van der Waals surface area contributed by atoms with Crippen molar-refractivity contribution >= 4 is 15.9 Å². The molecule has 19 heavy (non-hydrogen) atoms. The smallest absolute Gasteiger partial charge is 0.134 e. The van der Waals surface area contributed by atoms with Crippen molar-refractivity contribution in [3.8, 4) is 5.75 Å². The van der Waals surface area contributed by atoms with Crippen LogP contribution in [0.5, 0.6) is 5.75 Å². The maximum atomic E-state index is 13.6. The van der Waals surface area contributed by atoms with Crippen molar-refractivity contribution in [1.82, 2.24) is 10.2 Å². The van der Waals surface area contributed by atoms with E-state index in [1.807, 2.05) is 0 Å². The van der Waals surface area contributed by atoms with Gasteiger partial charge < -0.3 is 10.4 Å². The highest BCUT2D eigenvalue weighted by atomic mass is 79.9. The number of hydrogen-bond acceptors (Lipinski definition) is 3. The molecule has 0 amide bonds. The summed E-state index contributed by atoms with van der Waals surface area (Å²) in [5.74, 6) is -0.144. The molecular formula is C14H20BrFN2O. The second-order valence-corrected chi connectivity index (χ2v) is 5.77. The van der Waals surface area contributed by atoms with Crippen molar-refractivity contribution < 1.29 is 9.50 Å². The van der Waals surface area contributed by atoms with Gasteiger partial charge in [-0.2, -0.15) is 0 Å². The van der Waals surface area contributed by atoms with Gasteiger partial charge in [-0.3, -0.25) is 4.90 Å². The minimum atomic E-state index is -0.309. The second-order valence-electron chi connectivity index (χ2n) is 4.92. The molecule has 1 fully saturated rings. The highest BCUT2D eigenvalue weighted by Crippen LogP contribution is 2.37. The Morgan fingerprint density at radius 2 is 2.11 bits per heavy atom. The van der Waals surface area contributed by atoms with Gasteiger partial charge >= 0.3 is 0 Å².